The molecule has 18 heavy (non-hydrogen) atoms. The minimum atomic E-state index is -0.476. The molecular formula is C13H17NO4. The van der Waals surface area contributed by atoms with Crippen LogP contribution in [0.1, 0.15) is 23.2 Å². The second-order valence-electron chi connectivity index (χ2n) is 4.40. The summed E-state index contributed by atoms with van der Waals surface area (Å²) in [6, 6.07) is 4.81. The number of phenolic OH excluding ortho intramolecular Hbond substituents is 1. The maximum absolute atomic E-state index is 12.2. The number of carbonyl (C=O) groups is 1. The summed E-state index contributed by atoms with van der Waals surface area (Å²) in [6.45, 7) is 0.919. The van der Waals surface area contributed by atoms with Crippen LogP contribution in [0.25, 0.3) is 0 Å². The molecule has 1 fully saturated rings. The fourth-order valence-electron chi connectivity index (χ4n) is 2.17. The van der Waals surface area contributed by atoms with Gasteiger partial charge in [-0.3, -0.25) is 4.79 Å². The molecule has 5 nitrogen and oxygen atoms in total. The third-order valence-corrected chi connectivity index (χ3v) is 3.13. The van der Waals surface area contributed by atoms with E-state index in [1.54, 1.807) is 23.1 Å². The van der Waals surface area contributed by atoms with Crippen molar-refractivity contribution in [3.05, 3.63) is 23.8 Å². The quantitative estimate of drug-likeness (QED) is 0.822. The van der Waals surface area contributed by atoms with Crippen molar-refractivity contribution in [2.45, 2.75) is 18.9 Å². The van der Waals surface area contributed by atoms with Crippen molar-refractivity contribution in [2.75, 3.05) is 20.2 Å². The SMILES string of the molecule is COc1cccc(C(=O)N2CCCC(O)C2)c1O. The van der Waals surface area contributed by atoms with Gasteiger partial charge in [0, 0.05) is 13.1 Å². The van der Waals surface area contributed by atoms with Crippen LogP contribution in [0.15, 0.2) is 18.2 Å². The summed E-state index contributed by atoms with van der Waals surface area (Å²) in [5, 5.41) is 19.5. The number of aromatic hydroxyl groups is 1. The molecular weight excluding hydrogens is 234 g/mol. The molecule has 0 spiro atoms. The number of likely N-dealkylation sites (tertiary alicyclic amines) is 1. The van der Waals surface area contributed by atoms with Gasteiger partial charge in [0.2, 0.25) is 0 Å². The average molecular weight is 251 g/mol. The van der Waals surface area contributed by atoms with Crippen molar-refractivity contribution < 1.29 is 19.7 Å². The summed E-state index contributed by atoms with van der Waals surface area (Å²) in [7, 11) is 1.44. The highest BCUT2D eigenvalue weighted by atomic mass is 16.5. The number of aliphatic hydroxyl groups excluding tert-OH is 1. The Kier molecular flexibility index (Phi) is 3.72. The Morgan fingerprint density at radius 3 is 2.94 bits per heavy atom. The van der Waals surface area contributed by atoms with E-state index in [0.717, 1.165) is 6.42 Å². The summed E-state index contributed by atoms with van der Waals surface area (Å²) in [6.07, 6.45) is 1.02. The largest absolute Gasteiger partial charge is 0.504 e. The van der Waals surface area contributed by atoms with Gasteiger partial charge in [0.15, 0.2) is 11.5 Å². The molecule has 2 N–H and O–H groups in total. The van der Waals surface area contributed by atoms with Gasteiger partial charge in [-0.25, -0.2) is 0 Å². The number of ether oxygens (including phenoxy) is 1. The lowest BCUT2D eigenvalue weighted by Gasteiger charge is -2.30. The second kappa shape index (κ2) is 5.27. The zero-order valence-electron chi connectivity index (χ0n) is 10.3. The number of piperidine rings is 1. The summed E-state index contributed by atoms with van der Waals surface area (Å²) >= 11 is 0. The molecule has 1 saturated heterocycles. The number of rotatable bonds is 2. The van der Waals surface area contributed by atoms with Gasteiger partial charge in [0.05, 0.1) is 18.8 Å². The second-order valence-corrected chi connectivity index (χ2v) is 4.40. The predicted octanol–water partition coefficient (Wildman–Crippen LogP) is 0.998. The number of β-amino-alcohol motifs (C(OH)–C–C–N with tert-alkyl or cyclic N) is 1. The maximum Gasteiger partial charge on any atom is 0.257 e. The number of nitrogens with zero attached hydrogens (tertiary/aromatic N) is 1. The van der Waals surface area contributed by atoms with Gasteiger partial charge in [-0.2, -0.15) is 0 Å². The topological polar surface area (TPSA) is 70.0 Å². The van der Waals surface area contributed by atoms with E-state index >= 15 is 0 Å². The highest BCUT2D eigenvalue weighted by Gasteiger charge is 2.25. The minimum absolute atomic E-state index is 0.148. The van der Waals surface area contributed by atoms with Crippen molar-refractivity contribution in [1.29, 1.82) is 0 Å². The lowest BCUT2D eigenvalue weighted by atomic mass is 10.1. The Balaban J connectivity index is 2.23. The maximum atomic E-state index is 12.2. The van der Waals surface area contributed by atoms with Crippen LogP contribution < -0.4 is 4.74 Å². The molecule has 0 radical (unpaired) electrons. The van der Waals surface area contributed by atoms with E-state index in [1.165, 1.54) is 7.11 Å². The number of aliphatic hydroxyl groups is 1. The van der Waals surface area contributed by atoms with Crippen LogP contribution >= 0.6 is 0 Å². The monoisotopic (exact) mass is 251 g/mol. The normalized spacial score (nSPS) is 19.7. The number of carbonyl (C=O) groups excluding carboxylic acids is 1. The molecule has 0 saturated carbocycles. The van der Waals surface area contributed by atoms with E-state index in [4.69, 9.17) is 4.74 Å². The third-order valence-electron chi connectivity index (χ3n) is 3.13. The molecule has 1 atom stereocenters. The standard InChI is InChI=1S/C13H17NO4/c1-18-11-6-2-5-10(12(11)16)13(17)14-7-3-4-9(15)8-14/h2,5-6,9,15-16H,3-4,7-8H2,1H3. The van der Waals surface area contributed by atoms with Crippen LogP contribution in [-0.4, -0.2) is 47.3 Å². The van der Waals surface area contributed by atoms with Crippen LogP contribution in [0, 0.1) is 0 Å². The van der Waals surface area contributed by atoms with Gasteiger partial charge < -0.3 is 19.8 Å². The fourth-order valence-corrected chi connectivity index (χ4v) is 2.17. The molecule has 1 heterocycles. The summed E-state index contributed by atoms with van der Waals surface area (Å²) in [5.74, 6) is -0.145. The highest BCUT2D eigenvalue weighted by molar-refractivity contribution is 5.97. The molecule has 1 aromatic rings. The molecule has 2 rings (SSSR count). The molecule has 98 valence electrons. The molecule has 1 aromatic carbocycles. The molecule has 0 aromatic heterocycles. The van der Waals surface area contributed by atoms with Crippen molar-refractivity contribution >= 4 is 5.91 Å². The van der Waals surface area contributed by atoms with E-state index in [9.17, 15) is 15.0 Å². The third kappa shape index (κ3) is 2.41. The summed E-state index contributed by atoms with van der Waals surface area (Å²) in [4.78, 5) is 13.8. The van der Waals surface area contributed by atoms with Gasteiger partial charge in [-0.15, -0.1) is 0 Å². The molecule has 5 heteroatoms. The average Bonchev–Trinajstić information content (AvgIpc) is 2.38. The first-order valence-electron chi connectivity index (χ1n) is 5.96. The minimum Gasteiger partial charge on any atom is -0.504 e. The number of para-hydroxylation sites is 1. The van der Waals surface area contributed by atoms with Gasteiger partial charge in [-0.1, -0.05) is 6.07 Å². The van der Waals surface area contributed by atoms with E-state index in [1.807, 2.05) is 0 Å². The molecule has 1 unspecified atom stereocenters. The first kappa shape index (κ1) is 12.7. The van der Waals surface area contributed by atoms with Gasteiger partial charge in [0.1, 0.15) is 0 Å². The highest BCUT2D eigenvalue weighted by Crippen LogP contribution is 2.30. The van der Waals surface area contributed by atoms with Crippen LogP contribution in [0.4, 0.5) is 0 Å². The van der Waals surface area contributed by atoms with Gasteiger partial charge in [-0.05, 0) is 25.0 Å². The van der Waals surface area contributed by atoms with Crippen molar-refractivity contribution in [3.63, 3.8) is 0 Å². The van der Waals surface area contributed by atoms with Gasteiger partial charge >= 0.3 is 0 Å². The van der Waals surface area contributed by atoms with E-state index in [0.29, 0.717) is 19.5 Å². The van der Waals surface area contributed by atoms with Crippen molar-refractivity contribution in [1.82, 2.24) is 4.90 Å². The zero-order chi connectivity index (χ0) is 13.1. The Morgan fingerprint density at radius 2 is 2.28 bits per heavy atom. The van der Waals surface area contributed by atoms with Crippen LogP contribution in [-0.2, 0) is 0 Å². The molecule has 0 bridgehead atoms. The number of hydrogen-bond acceptors (Lipinski definition) is 4. The van der Waals surface area contributed by atoms with Crippen LogP contribution in [0.5, 0.6) is 11.5 Å². The van der Waals surface area contributed by atoms with E-state index < -0.39 is 6.10 Å². The van der Waals surface area contributed by atoms with E-state index in [2.05, 4.69) is 0 Å². The van der Waals surface area contributed by atoms with Crippen LogP contribution in [0.3, 0.4) is 0 Å². The zero-order valence-corrected chi connectivity index (χ0v) is 10.3. The fraction of sp³-hybridized carbons (Fsp3) is 0.462. The number of methoxy groups -OCH3 is 1. The van der Waals surface area contributed by atoms with Gasteiger partial charge in [0.25, 0.3) is 5.91 Å². The lowest BCUT2D eigenvalue weighted by molar-refractivity contribution is 0.0471. The van der Waals surface area contributed by atoms with Crippen molar-refractivity contribution in [3.8, 4) is 11.5 Å². The number of phenols is 1. The van der Waals surface area contributed by atoms with Crippen molar-refractivity contribution in [2.24, 2.45) is 0 Å². The molecule has 1 amide bonds. The molecule has 1 aliphatic rings. The Bertz CT molecular complexity index is 447. The predicted molar refractivity (Wildman–Crippen MR) is 65.8 cm³/mol. The van der Waals surface area contributed by atoms with E-state index in [-0.39, 0.29) is 23.0 Å². The lowest BCUT2D eigenvalue weighted by Crippen LogP contribution is -2.42. The Hall–Kier alpha value is -1.75. The first-order chi connectivity index (χ1) is 8.63. The smallest absolute Gasteiger partial charge is 0.257 e. The number of amides is 1. The Labute approximate surface area is 106 Å². The molecule has 0 aliphatic carbocycles. The summed E-state index contributed by atoms with van der Waals surface area (Å²) < 4.78 is 4.97. The molecule has 1 aliphatic heterocycles. The number of hydrogen-bond donors (Lipinski definition) is 2. The van der Waals surface area contributed by atoms with Crippen LogP contribution in [0.2, 0.25) is 0 Å². The Morgan fingerprint density at radius 1 is 1.50 bits per heavy atom. The first-order valence-corrected chi connectivity index (χ1v) is 5.96. The number of benzene rings is 1. The summed E-state index contributed by atoms with van der Waals surface area (Å²) in [5.41, 5.74) is 0.212.